The number of piperidine rings is 2. The van der Waals surface area contributed by atoms with Gasteiger partial charge in [-0.05, 0) is 69.0 Å². The van der Waals surface area contributed by atoms with E-state index in [-0.39, 0.29) is 17.5 Å². The first kappa shape index (κ1) is 21.9. The number of pyridine rings is 1. The highest BCUT2D eigenvalue weighted by Crippen LogP contribution is 2.34. The minimum atomic E-state index is -2.56. The summed E-state index contributed by atoms with van der Waals surface area (Å²) in [5.41, 5.74) is 1.23. The van der Waals surface area contributed by atoms with E-state index in [4.69, 9.17) is 0 Å². The van der Waals surface area contributed by atoms with Gasteiger partial charge in [0.1, 0.15) is 0 Å². The molecular formula is C24H32F2N4O. The summed E-state index contributed by atoms with van der Waals surface area (Å²) in [7, 11) is 2.11. The average molecular weight is 431 g/mol. The fraction of sp³-hybridized carbons (Fsp3) is 0.583. The minimum absolute atomic E-state index is 0.0355. The second-order valence-corrected chi connectivity index (χ2v) is 9.36. The van der Waals surface area contributed by atoms with Crippen molar-refractivity contribution in [3.8, 4) is 0 Å². The third-order valence-corrected chi connectivity index (χ3v) is 6.57. The quantitative estimate of drug-likeness (QED) is 0.771. The number of carbonyl (C=O) groups excluding carboxylic acids is 1. The van der Waals surface area contributed by atoms with Gasteiger partial charge in [0.15, 0.2) is 0 Å². The van der Waals surface area contributed by atoms with E-state index < -0.39 is 6.43 Å². The normalized spacial score (nSPS) is 25.2. The molecule has 0 spiro atoms. The lowest BCUT2D eigenvalue weighted by molar-refractivity contribution is -0.123. The highest BCUT2D eigenvalue weighted by molar-refractivity contribution is 5.94. The molecular weight excluding hydrogens is 398 g/mol. The average Bonchev–Trinajstić information content (AvgIpc) is 2.72. The molecule has 31 heavy (non-hydrogen) atoms. The zero-order valence-electron chi connectivity index (χ0n) is 18.4. The predicted molar refractivity (Wildman–Crippen MR) is 119 cm³/mol. The maximum atomic E-state index is 13.5. The van der Waals surface area contributed by atoms with Crippen LogP contribution in [-0.4, -0.2) is 55.1 Å². The van der Waals surface area contributed by atoms with E-state index >= 15 is 0 Å². The lowest BCUT2D eigenvalue weighted by atomic mass is 9.92. The molecule has 5 nitrogen and oxygen atoms in total. The first-order chi connectivity index (χ1) is 14.9. The van der Waals surface area contributed by atoms with Crippen LogP contribution in [-0.2, 0) is 4.79 Å². The van der Waals surface area contributed by atoms with Crippen LogP contribution in [0.3, 0.4) is 0 Å². The molecule has 1 aromatic carbocycles. The van der Waals surface area contributed by atoms with Gasteiger partial charge in [0.05, 0.1) is 5.52 Å². The smallest absolute Gasteiger partial charge is 0.265 e. The van der Waals surface area contributed by atoms with E-state index in [0.717, 1.165) is 50.0 Å². The van der Waals surface area contributed by atoms with Gasteiger partial charge in [-0.3, -0.25) is 9.78 Å². The molecule has 1 unspecified atom stereocenters. The summed E-state index contributed by atoms with van der Waals surface area (Å²) in [4.78, 5) is 21.5. The van der Waals surface area contributed by atoms with E-state index in [0.29, 0.717) is 30.3 Å². The molecule has 168 valence electrons. The standard InChI is InChI=1S/C24H32F2N4O/c1-16-11-18(28-22(31)12-17-5-4-10-29(2)14-17)15-30(13-16)21-8-7-20(24(25)26)23-19(21)6-3-9-27-23/h3,6-9,16-18,24H,4-5,10-15H2,1-2H3,(H,28,31)/t16-,17?,18+/m0/s1. The Bertz CT molecular complexity index is 922. The van der Waals surface area contributed by atoms with Gasteiger partial charge in [-0.25, -0.2) is 8.78 Å². The van der Waals surface area contributed by atoms with Crippen molar-refractivity contribution in [1.29, 1.82) is 0 Å². The summed E-state index contributed by atoms with van der Waals surface area (Å²) in [5.74, 6) is 0.938. The summed E-state index contributed by atoms with van der Waals surface area (Å²) in [6, 6.07) is 6.96. The molecule has 4 rings (SSSR count). The van der Waals surface area contributed by atoms with Crippen LogP contribution in [0.5, 0.6) is 0 Å². The van der Waals surface area contributed by atoms with Crippen LogP contribution < -0.4 is 10.2 Å². The second kappa shape index (κ2) is 9.47. The topological polar surface area (TPSA) is 48.5 Å². The van der Waals surface area contributed by atoms with Gasteiger partial charge in [0.2, 0.25) is 5.91 Å². The number of anilines is 1. The summed E-state index contributed by atoms with van der Waals surface area (Å²) in [6.07, 6.45) is 2.77. The Hall–Kier alpha value is -2.28. The molecule has 2 saturated heterocycles. The number of fused-ring (bicyclic) bond motifs is 1. The number of carbonyl (C=O) groups is 1. The Morgan fingerprint density at radius 1 is 1.26 bits per heavy atom. The highest BCUT2D eigenvalue weighted by atomic mass is 19.3. The van der Waals surface area contributed by atoms with Crippen molar-refractivity contribution in [2.45, 2.75) is 45.1 Å². The fourth-order valence-electron chi connectivity index (χ4n) is 5.27. The first-order valence-electron chi connectivity index (χ1n) is 11.3. The molecule has 0 radical (unpaired) electrons. The largest absolute Gasteiger partial charge is 0.369 e. The summed E-state index contributed by atoms with van der Waals surface area (Å²) in [5, 5.41) is 3.99. The van der Waals surface area contributed by atoms with E-state index in [1.54, 1.807) is 18.3 Å². The lowest BCUT2D eigenvalue weighted by Gasteiger charge is -2.39. The SMILES string of the molecule is C[C@H]1C[C@@H](NC(=O)CC2CCCN(C)C2)CN(c2ccc(C(F)F)c3ncccc23)C1. The molecule has 2 fully saturated rings. The Kier molecular flexibility index (Phi) is 6.70. The number of rotatable bonds is 5. The molecule has 3 heterocycles. The van der Waals surface area contributed by atoms with Crippen molar-refractivity contribution < 1.29 is 13.6 Å². The van der Waals surface area contributed by atoms with Gasteiger partial charge in [0.25, 0.3) is 6.43 Å². The monoisotopic (exact) mass is 430 g/mol. The summed E-state index contributed by atoms with van der Waals surface area (Å²) >= 11 is 0. The van der Waals surface area contributed by atoms with Crippen molar-refractivity contribution in [2.24, 2.45) is 11.8 Å². The minimum Gasteiger partial charge on any atom is -0.369 e. The molecule has 0 bridgehead atoms. The lowest BCUT2D eigenvalue weighted by Crippen LogP contribution is -2.51. The molecule has 0 aliphatic carbocycles. The van der Waals surface area contributed by atoms with Crippen molar-refractivity contribution in [3.63, 3.8) is 0 Å². The van der Waals surface area contributed by atoms with E-state index in [2.05, 4.69) is 34.1 Å². The van der Waals surface area contributed by atoms with Crippen LogP contribution in [0.25, 0.3) is 10.9 Å². The number of halogens is 2. The molecule has 2 aliphatic heterocycles. The van der Waals surface area contributed by atoms with Gasteiger partial charge >= 0.3 is 0 Å². The molecule has 0 saturated carbocycles. The zero-order chi connectivity index (χ0) is 22.0. The Labute approximate surface area is 182 Å². The van der Waals surface area contributed by atoms with Crippen LogP contribution in [0.15, 0.2) is 30.5 Å². The number of likely N-dealkylation sites (tertiary alicyclic amines) is 1. The number of amides is 1. The van der Waals surface area contributed by atoms with Crippen molar-refractivity contribution in [2.75, 3.05) is 38.1 Å². The fourth-order valence-corrected chi connectivity index (χ4v) is 5.27. The number of alkyl halides is 2. The Morgan fingerprint density at radius 2 is 2.10 bits per heavy atom. The molecule has 2 aliphatic rings. The number of hydrogen-bond acceptors (Lipinski definition) is 4. The van der Waals surface area contributed by atoms with Crippen LogP contribution in [0.4, 0.5) is 14.5 Å². The number of hydrogen-bond donors (Lipinski definition) is 1. The summed E-state index contributed by atoms with van der Waals surface area (Å²) < 4.78 is 26.9. The number of benzene rings is 1. The summed E-state index contributed by atoms with van der Waals surface area (Å²) in [6.45, 7) is 5.78. The van der Waals surface area contributed by atoms with Gasteiger partial charge in [0, 0.05) is 54.9 Å². The van der Waals surface area contributed by atoms with E-state index in [1.165, 1.54) is 6.07 Å². The first-order valence-corrected chi connectivity index (χ1v) is 11.3. The number of aromatic nitrogens is 1. The number of nitrogens with zero attached hydrogens (tertiary/aromatic N) is 3. The molecule has 1 aromatic heterocycles. The van der Waals surface area contributed by atoms with Crippen LogP contribution in [0.2, 0.25) is 0 Å². The van der Waals surface area contributed by atoms with E-state index in [9.17, 15) is 13.6 Å². The van der Waals surface area contributed by atoms with Crippen molar-refractivity contribution in [1.82, 2.24) is 15.2 Å². The number of nitrogens with one attached hydrogen (secondary N) is 1. The maximum Gasteiger partial charge on any atom is 0.265 e. The predicted octanol–water partition coefficient (Wildman–Crippen LogP) is 4.24. The zero-order valence-corrected chi connectivity index (χ0v) is 18.4. The highest BCUT2D eigenvalue weighted by Gasteiger charge is 2.29. The van der Waals surface area contributed by atoms with Gasteiger partial charge in [-0.15, -0.1) is 0 Å². The Morgan fingerprint density at radius 3 is 2.87 bits per heavy atom. The van der Waals surface area contributed by atoms with Gasteiger partial charge in [-0.2, -0.15) is 0 Å². The third kappa shape index (κ3) is 5.14. The van der Waals surface area contributed by atoms with Crippen molar-refractivity contribution >= 4 is 22.5 Å². The molecule has 2 aromatic rings. The molecule has 1 N–H and O–H groups in total. The van der Waals surface area contributed by atoms with Crippen LogP contribution >= 0.6 is 0 Å². The maximum absolute atomic E-state index is 13.5. The van der Waals surface area contributed by atoms with E-state index in [1.807, 2.05) is 6.07 Å². The second-order valence-electron chi connectivity index (χ2n) is 9.36. The van der Waals surface area contributed by atoms with Gasteiger partial charge in [-0.1, -0.05) is 6.92 Å². The third-order valence-electron chi connectivity index (χ3n) is 6.57. The van der Waals surface area contributed by atoms with Crippen molar-refractivity contribution in [3.05, 3.63) is 36.0 Å². The van der Waals surface area contributed by atoms with Crippen LogP contribution in [0, 0.1) is 11.8 Å². The van der Waals surface area contributed by atoms with Gasteiger partial charge < -0.3 is 15.1 Å². The molecule has 1 amide bonds. The Balaban J connectivity index is 1.48. The molecule has 3 atom stereocenters. The molecule has 7 heteroatoms. The van der Waals surface area contributed by atoms with Crippen LogP contribution in [0.1, 0.15) is 44.6 Å².